The van der Waals surface area contributed by atoms with Gasteiger partial charge in [0.15, 0.2) is 0 Å². The molecular formula is C22H25FN2O3S. The van der Waals surface area contributed by atoms with Gasteiger partial charge in [0.25, 0.3) is 0 Å². The Morgan fingerprint density at radius 2 is 1.55 bits per heavy atom. The van der Waals surface area contributed by atoms with Gasteiger partial charge >= 0.3 is 0 Å². The van der Waals surface area contributed by atoms with Crippen molar-refractivity contribution in [2.24, 2.45) is 5.41 Å². The van der Waals surface area contributed by atoms with E-state index in [2.05, 4.69) is 0 Å². The number of hydrogen-bond acceptors (Lipinski definition) is 3. The van der Waals surface area contributed by atoms with Crippen LogP contribution in [0.4, 0.5) is 4.39 Å². The van der Waals surface area contributed by atoms with Gasteiger partial charge < -0.3 is 4.90 Å². The first kappa shape index (κ1) is 20.0. The fraction of sp³-hybridized carbons (Fsp3) is 0.409. The number of piperidine rings is 2. The van der Waals surface area contributed by atoms with E-state index in [1.165, 1.54) is 10.4 Å². The molecule has 7 heteroatoms. The van der Waals surface area contributed by atoms with E-state index in [0.717, 1.165) is 12.8 Å². The van der Waals surface area contributed by atoms with Crippen LogP contribution in [-0.2, 0) is 21.4 Å². The number of carbonyl (C=O) groups is 1. The fourth-order valence-electron chi connectivity index (χ4n) is 4.50. The monoisotopic (exact) mass is 416 g/mol. The lowest BCUT2D eigenvalue weighted by atomic mass is 9.72. The third-order valence-corrected chi connectivity index (χ3v) is 8.12. The van der Waals surface area contributed by atoms with Crippen LogP contribution in [0.1, 0.15) is 31.2 Å². The summed E-state index contributed by atoms with van der Waals surface area (Å²) in [5, 5.41) is 0. The Balaban J connectivity index is 1.47. The summed E-state index contributed by atoms with van der Waals surface area (Å²) in [6, 6.07) is 14.9. The molecule has 0 radical (unpaired) electrons. The summed E-state index contributed by atoms with van der Waals surface area (Å²) in [6.07, 6.45) is 2.63. The van der Waals surface area contributed by atoms with Gasteiger partial charge in [0, 0.05) is 31.7 Å². The minimum Gasteiger partial charge on any atom is -0.338 e. The molecule has 0 bridgehead atoms. The van der Waals surface area contributed by atoms with E-state index in [1.54, 1.807) is 53.4 Å². The summed E-state index contributed by atoms with van der Waals surface area (Å²) in [5.41, 5.74) is -0.0198. The lowest BCUT2D eigenvalue weighted by Gasteiger charge is -2.46. The molecule has 0 aromatic heterocycles. The highest BCUT2D eigenvalue weighted by molar-refractivity contribution is 7.89. The minimum absolute atomic E-state index is 0.0313. The van der Waals surface area contributed by atoms with E-state index in [1.807, 2.05) is 0 Å². The van der Waals surface area contributed by atoms with Crippen LogP contribution < -0.4 is 0 Å². The Hall–Kier alpha value is -2.25. The number of hydrogen-bond donors (Lipinski definition) is 0. The van der Waals surface area contributed by atoms with Gasteiger partial charge in [-0.15, -0.1) is 0 Å². The Morgan fingerprint density at radius 3 is 2.24 bits per heavy atom. The number of halogens is 1. The van der Waals surface area contributed by atoms with Crippen molar-refractivity contribution in [3.8, 4) is 0 Å². The van der Waals surface area contributed by atoms with Gasteiger partial charge in [0.05, 0.1) is 10.3 Å². The lowest BCUT2D eigenvalue weighted by Crippen LogP contribution is -2.54. The quantitative estimate of drug-likeness (QED) is 0.767. The first-order chi connectivity index (χ1) is 13.9. The fourth-order valence-corrected chi connectivity index (χ4v) is 5.96. The molecule has 5 nitrogen and oxygen atoms in total. The normalized spacial score (nSPS) is 20.2. The molecule has 0 atom stereocenters. The summed E-state index contributed by atoms with van der Waals surface area (Å²) in [4.78, 5) is 15.3. The molecule has 2 aliphatic rings. The standard InChI is InChI=1S/C22H25FN2O3S/c23-20-10-5-4-7-18(20)17-24-14-6-11-22(21(24)26)12-15-25(16-13-22)29(27,28)19-8-2-1-3-9-19/h1-5,7-10H,6,11-17H2. The summed E-state index contributed by atoms with van der Waals surface area (Å²) >= 11 is 0. The molecule has 0 saturated carbocycles. The molecule has 4 rings (SSSR count). The molecule has 0 N–H and O–H groups in total. The minimum atomic E-state index is -3.54. The van der Waals surface area contributed by atoms with Gasteiger partial charge in [-0.1, -0.05) is 36.4 Å². The summed E-state index contributed by atoms with van der Waals surface area (Å²) in [7, 11) is -3.54. The molecule has 0 unspecified atom stereocenters. The van der Waals surface area contributed by atoms with Gasteiger partial charge in [-0.05, 0) is 43.9 Å². The van der Waals surface area contributed by atoms with Crippen molar-refractivity contribution in [3.05, 3.63) is 66.0 Å². The highest BCUT2D eigenvalue weighted by Gasteiger charge is 2.47. The zero-order valence-corrected chi connectivity index (χ0v) is 17.1. The second-order valence-corrected chi connectivity index (χ2v) is 9.86. The van der Waals surface area contributed by atoms with Gasteiger partial charge in [-0.2, -0.15) is 4.31 Å². The van der Waals surface area contributed by atoms with E-state index in [4.69, 9.17) is 0 Å². The molecule has 154 valence electrons. The predicted octanol–water partition coefficient (Wildman–Crippen LogP) is 3.42. The van der Waals surface area contributed by atoms with Crippen molar-refractivity contribution >= 4 is 15.9 Å². The number of rotatable bonds is 4. The van der Waals surface area contributed by atoms with Crippen LogP contribution in [0.25, 0.3) is 0 Å². The average Bonchev–Trinajstić information content (AvgIpc) is 2.74. The topological polar surface area (TPSA) is 57.7 Å². The predicted molar refractivity (Wildman–Crippen MR) is 108 cm³/mol. The van der Waals surface area contributed by atoms with Crippen LogP contribution in [-0.4, -0.2) is 43.2 Å². The van der Waals surface area contributed by atoms with Crippen LogP contribution in [0.15, 0.2) is 59.5 Å². The second kappa shape index (κ2) is 7.88. The first-order valence-electron chi connectivity index (χ1n) is 10.0. The first-order valence-corrected chi connectivity index (χ1v) is 11.4. The molecule has 2 aromatic rings. The van der Waals surface area contributed by atoms with Gasteiger partial charge in [-0.3, -0.25) is 4.79 Å². The third kappa shape index (κ3) is 3.81. The van der Waals surface area contributed by atoms with E-state index < -0.39 is 15.4 Å². The van der Waals surface area contributed by atoms with Crippen LogP contribution in [0.5, 0.6) is 0 Å². The Bertz CT molecular complexity index is 986. The molecule has 2 saturated heterocycles. The molecule has 2 heterocycles. The van der Waals surface area contributed by atoms with Gasteiger partial charge in [0.1, 0.15) is 5.82 Å². The van der Waals surface area contributed by atoms with Crippen LogP contribution in [0.3, 0.4) is 0 Å². The van der Waals surface area contributed by atoms with Crippen molar-refractivity contribution < 1.29 is 17.6 Å². The molecule has 0 aliphatic carbocycles. The van der Waals surface area contributed by atoms with Gasteiger partial charge in [0.2, 0.25) is 15.9 Å². The van der Waals surface area contributed by atoms with Crippen LogP contribution in [0.2, 0.25) is 0 Å². The van der Waals surface area contributed by atoms with Crippen molar-refractivity contribution in [2.45, 2.75) is 37.1 Å². The maximum Gasteiger partial charge on any atom is 0.243 e. The maximum absolute atomic E-state index is 14.0. The zero-order chi connectivity index (χ0) is 20.5. The zero-order valence-electron chi connectivity index (χ0n) is 16.3. The summed E-state index contributed by atoms with van der Waals surface area (Å²) < 4.78 is 41.3. The molecule has 29 heavy (non-hydrogen) atoms. The number of nitrogens with zero attached hydrogens (tertiary/aromatic N) is 2. The number of benzene rings is 2. The largest absolute Gasteiger partial charge is 0.338 e. The Labute approximate surface area is 171 Å². The molecular weight excluding hydrogens is 391 g/mol. The summed E-state index contributed by atoms with van der Waals surface area (Å²) in [5.74, 6) is -0.271. The SMILES string of the molecule is O=C1N(Cc2ccccc2F)CCCC12CCN(S(=O)(=O)c1ccccc1)CC2. The van der Waals surface area contributed by atoms with Crippen molar-refractivity contribution in [1.82, 2.24) is 9.21 Å². The van der Waals surface area contributed by atoms with Crippen molar-refractivity contribution in [3.63, 3.8) is 0 Å². The number of carbonyl (C=O) groups excluding carboxylic acids is 1. The third-order valence-electron chi connectivity index (χ3n) is 6.20. The number of likely N-dealkylation sites (tertiary alicyclic amines) is 1. The number of amides is 1. The molecule has 2 aliphatic heterocycles. The average molecular weight is 417 g/mol. The van der Waals surface area contributed by atoms with Gasteiger partial charge in [-0.25, -0.2) is 12.8 Å². The highest BCUT2D eigenvalue weighted by Crippen LogP contribution is 2.42. The van der Waals surface area contributed by atoms with E-state index >= 15 is 0 Å². The van der Waals surface area contributed by atoms with Crippen molar-refractivity contribution in [2.75, 3.05) is 19.6 Å². The molecule has 2 fully saturated rings. The lowest BCUT2D eigenvalue weighted by molar-refractivity contribution is -0.150. The Morgan fingerprint density at radius 1 is 0.897 bits per heavy atom. The molecule has 1 spiro atoms. The van der Waals surface area contributed by atoms with Crippen LogP contribution in [0, 0.1) is 11.2 Å². The maximum atomic E-state index is 14.0. The van der Waals surface area contributed by atoms with E-state index in [0.29, 0.717) is 38.0 Å². The molecule has 2 aromatic carbocycles. The van der Waals surface area contributed by atoms with E-state index in [9.17, 15) is 17.6 Å². The smallest absolute Gasteiger partial charge is 0.243 e. The summed E-state index contributed by atoms with van der Waals surface area (Å²) in [6.45, 7) is 1.53. The van der Waals surface area contributed by atoms with E-state index in [-0.39, 0.29) is 23.2 Å². The molecule has 1 amide bonds. The Kier molecular flexibility index (Phi) is 5.44. The second-order valence-electron chi connectivity index (χ2n) is 7.92. The highest BCUT2D eigenvalue weighted by atomic mass is 32.2. The van der Waals surface area contributed by atoms with Crippen LogP contribution >= 0.6 is 0 Å². The number of sulfonamides is 1. The van der Waals surface area contributed by atoms with Crippen molar-refractivity contribution in [1.29, 1.82) is 0 Å².